The number of carboxylic acid groups (broad SMARTS) is 1. The molecule has 2 aliphatic rings. The Morgan fingerprint density at radius 3 is 2.46 bits per heavy atom. The molecule has 1 N–H and O–H groups in total. The van der Waals surface area contributed by atoms with Gasteiger partial charge in [0.1, 0.15) is 12.4 Å². The van der Waals surface area contributed by atoms with E-state index >= 15 is 0 Å². The third-order valence-corrected chi connectivity index (χ3v) is 7.11. The maximum atomic E-state index is 12.5. The first kappa shape index (κ1) is 24.8. The average molecular weight is 502 g/mol. The van der Waals surface area contributed by atoms with Crippen LogP contribution in [0.5, 0.6) is 11.6 Å². The SMILES string of the molecule is Cc1nc(Oc2ccc(CC(=O)O)cc2)ccc1CN1CCC(N2C(=O)OCC2c2ccccc2)CC1. The fraction of sp³-hybridized carbons (Fsp3) is 0.345. The highest BCUT2D eigenvalue weighted by Crippen LogP contribution is 2.33. The number of hydrogen-bond acceptors (Lipinski definition) is 6. The number of cyclic esters (lactones) is 1. The van der Waals surface area contributed by atoms with Crippen LogP contribution in [0, 0.1) is 6.92 Å². The number of benzene rings is 2. The second-order valence-corrected chi connectivity index (χ2v) is 9.63. The van der Waals surface area contributed by atoms with Gasteiger partial charge in [-0.2, -0.15) is 0 Å². The van der Waals surface area contributed by atoms with Gasteiger partial charge in [-0.3, -0.25) is 14.6 Å². The summed E-state index contributed by atoms with van der Waals surface area (Å²) in [5.74, 6) is 0.260. The Kier molecular flexibility index (Phi) is 7.37. The maximum absolute atomic E-state index is 12.5. The number of pyridine rings is 1. The second-order valence-electron chi connectivity index (χ2n) is 9.63. The quantitative estimate of drug-likeness (QED) is 0.466. The molecule has 1 atom stereocenters. The number of aryl methyl sites for hydroxylation is 1. The number of aromatic nitrogens is 1. The highest BCUT2D eigenvalue weighted by Gasteiger charge is 2.40. The lowest BCUT2D eigenvalue weighted by atomic mass is 9.98. The minimum Gasteiger partial charge on any atom is -0.481 e. The minimum absolute atomic E-state index is 0.0146. The Balaban J connectivity index is 1.16. The summed E-state index contributed by atoms with van der Waals surface area (Å²) in [6, 6.07) is 21.2. The Labute approximate surface area is 216 Å². The van der Waals surface area contributed by atoms with Crippen LogP contribution in [0.1, 0.15) is 41.3 Å². The number of rotatable bonds is 8. The summed E-state index contributed by atoms with van der Waals surface area (Å²) >= 11 is 0. The lowest BCUT2D eigenvalue weighted by Gasteiger charge is -2.38. The van der Waals surface area contributed by atoms with Crippen LogP contribution in [-0.2, 0) is 22.5 Å². The first-order valence-corrected chi connectivity index (χ1v) is 12.6. The van der Waals surface area contributed by atoms with E-state index in [0.717, 1.165) is 54.9 Å². The lowest BCUT2D eigenvalue weighted by Crippen LogP contribution is -2.46. The summed E-state index contributed by atoms with van der Waals surface area (Å²) in [6.45, 7) is 4.99. The molecular weight excluding hydrogens is 470 g/mol. The van der Waals surface area contributed by atoms with E-state index in [4.69, 9.17) is 14.6 Å². The van der Waals surface area contributed by atoms with Gasteiger partial charge < -0.3 is 14.6 Å². The molecule has 192 valence electrons. The summed E-state index contributed by atoms with van der Waals surface area (Å²) < 4.78 is 11.3. The summed E-state index contributed by atoms with van der Waals surface area (Å²) in [4.78, 5) is 32.4. The standard InChI is InChI=1S/C29H31N3O5/c1-20-23(9-12-27(30-20)37-25-10-7-21(8-11-25)17-28(33)34)18-31-15-13-24(14-16-31)32-26(19-36-29(32)35)22-5-3-2-4-6-22/h2-12,24,26H,13-19H2,1H3,(H,33,34). The predicted octanol–water partition coefficient (Wildman–Crippen LogP) is 4.97. The molecule has 2 aromatic carbocycles. The van der Waals surface area contributed by atoms with Crippen LogP contribution in [0.2, 0.25) is 0 Å². The summed E-state index contributed by atoms with van der Waals surface area (Å²) in [5.41, 5.74) is 3.90. The summed E-state index contributed by atoms with van der Waals surface area (Å²) in [7, 11) is 0. The Morgan fingerprint density at radius 2 is 1.78 bits per heavy atom. The van der Waals surface area contributed by atoms with Crippen molar-refractivity contribution in [3.63, 3.8) is 0 Å². The van der Waals surface area contributed by atoms with Crippen LogP contribution < -0.4 is 4.74 Å². The lowest BCUT2D eigenvalue weighted by molar-refractivity contribution is -0.136. The highest BCUT2D eigenvalue weighted by molar-refractivity contribution is 5.71. The average Bonchev–Trinajstić information content (AvgIpc) is 3.29. The largest absolute Gasteiger partial charge is 0.481 e. The molecule has 5 rings (SSSR count). The number of amides is 1. The van der Waals surface area contributed by atoms with Gasteiger partial charge in [0.25, 0.3) is 0 Å². The molecule has 37 heavy (non-hydrogen) atoms. The van der Waals surface area contributed by atoms with Crippen molar-refractivity contribution >= 4 is 12.1 Å². The zero-order valence-corrected chi connectivity index (χ0v) is 20.9. The van der Waals surface area contributed by atoms with Crippen molar-refractivity contribution in [2.24, 2.45) is 0 Å². The third kappa shape index (κ3) is 5.91. The molecule has 0 saturated carbocycles. The molecule has 0 aliphatic carbocycles. The van der Waals surface area contributed by atoms with Crippen LogP contribution in [0.15, 0.2) is 66.7 Å². The fourth-order valence-corrected chi connectivity index (χ4v) is 5.13. The number of aliphatic carboxylic acids is 1. The van der Waals surface area contributed by atoms with E-state index in [-0.39, 0.29) is 24.6 Å². The first-order chi connectivity index (χ1) is 18.0. The number of hydrogen-bond donors (Lipinski definition) is 1. The number of piperidine rings is 1. The smallest absolute Gasteiger partial charge is 0.410 e. The van der Waals surface area contributed by atoms with Crippen LogP contribution in [0.3, 0.4) is 0 Å². The van der Waals surface area contributed by atoms with Gasteiger partial charge in [0.2, 0.25) is 5.88 Å². The zero-order chi connectivity index (χ0) is 25.8. The molecule has 0 spiro atoms. The zero-order valence-electron chi connectivity index (χ0n) is 20.9. The third-order valence-electron chi connectivity index (χ3n) is 7.11. The van der Waals surface area contributed by atoms with Crippen molar-refractivity contribution in [1.82, 2.24) is 14.8 Å². The molecule has 2 saturated heterocycles. The van der Waals surface area contributed by atoms with Gasteiger partial charge in [-0.05, 0) is 48.6 Å². The number of likely N-dealkylation sites (tertiary alicyclic amines) is 1. The molecule has 1 unspecified atom stereocenters. The van der Waals surface area contributed by atoms with Gasteiger partial charge >= 0.3 is 12.1 Å². The van der Waals surface area contributed by atoms with E-state index in [0.29, 0.717) is 18.2 Å². The van der Waals surface area contributed by atoms with E-state index in [9.17, 15) is 9.59 Å². The highest BCUT2D eigenvalue weighted by atomic mass is 16.6. The van der Waals surface area contributed by atoms with Crippen LogP contribution in [0.4, 0.5) is 4.79 Å². The second kappa shape index (κ2) is 11.0. The molecule has 1 amide bonds. The Morgan fingerprint density at radius 1 is 1.05 bits per heavy atom. The maximum Gasteiger partial charge on any atom is 0.410 e. The molecule has 0 bridgehead atoms. The van der Waals surface area contributed by atoms with E-state index in [1.165, 1.54) is 0 Å². The molecule has 8 nitrogen and oxygen atoms in total. The molecule has 0 radical (unpaired) electrons. The number of carbonyl (C=O) groups is 2. The van der Waals surface area contributed by atoms with Gasteiger partial charge in [-0.25, -0.2) is 9.78 Å². The van der Waals surface area contributed by atoms with Crippen molar-refractivity contribution in [1.29, 1.82) is 0 Å². The van der Waals surface area contributed by atoms with Gasteiger partial charge in [-0.1, -0.05) is 48.5 Å². The van der Waals surface area contributed by atoms with Crippen molar-refractivity contribution in [3.05, 3.63) is 89.1 Å². The van der Waals surface area contributed by atoms with Crippen molar-refractivity contribution < 1.29 is 24.2 Å². The molecule has 3 heterocycles. The normalized spacial score (nSPS) is 18.6. The van der Waals surface area contributed by atoms with Gasteiger partial charge in [0, 0.05) is 37.4 Å². The van der Waals surface area contributed by atoms with Crippen LogP contribution in [0.25, 0.3) is 0 Å². The van der Waals surface area contributed by atoms with Crippen LogP contribution >= 0.6 is 0 Å². The molecule has 2 fully saturated rings. The summed E-state index contributed by atoms with van der Waals surface area (Å²) in [5, 5.41) is 8.91. The minimum atomic E-state index is -0.860. The van der Waals surface area contributed by atoms with Crippen molar-refractivity contribution in [3.8, 4) is 11.6 Å². The number of ether oxygens (including phenoxy) is 2. The van der Waals surface area contributed by atoms with Crippen molar-refractivity contribution in [2.75, 3.05) is 19.7 Å². The Bertz CT molecular complexity index is 1240. The Hall–Kier alpha value is -3.91. The van der Waals surface area contributed by atoms with Gasteiger partial charge in [-0.15, -0.1) is 0 Å². The van der Waals surface area contributed by atoms with Gasteiger partial charge in [0.05, 0.1) is 12.5 Å². The topological polar surface area (TPSA) is 92.2 Å². The van der Waals surface area contributed by atoms with E-state index in [1.54, 1.807) is 24.3 Å². The van der Waals surface area contributed by atoms with Crippen molar-refractivity contribution in [2.45, 2.75) is 44.8 Å². The number of nitrogens with zero attached hydrogens (tertiary/aromatic N) is 3. The summed E-state index contributed by atoms with van der Waals surface area (Å²) in [6.07, 6.45) is 1.59. The molecule has 2 aliphatic heterocycles. The number of carboxylic acids is 1. The fourth-order valence-electron chi connectivity index (χ4n) is 5.13. The van der Waals surface area contributed by atoms with E-state index < -0.39 is 5.97 Å². The molecular formula is C29H31N3O5. The number of carbonyl (C=O) groups excluding carboxylic acids is 1. The van der Waals surface area contributed by atoms with Crippen LogP contribution in [-0.4, -0.2) is 57.7 Å². The predicted molar refractivity (Wildman–Crippen MR) is 137 cm³/mol. The van der Waals surface area contributed by atoms with E-state index in [2.05, 4.69) is 22.0 Å². The van der Waals surface area contributed by atoms with Gasteiger partial charge in [0.15, 0.2) is 0 Å². The molecule has 3 aromatic rings. The molecule has 1 aromatic heterocycles. The molecule has 8 heteroatoms. The first-order valence-electron chi connectivity index (χ1n) is 12.6. The van der Waals surface area contributed by atoms with E-state index in [1.807, 2.05) is 42.2 Å². The monoisotopic (exact) mass is 501 g/mol.